The summed E-state index contributed by atoms with van der Waals surface area (Å²) in [4.78, 5) is 4.33. The van der Waals surface area contributed by atoms with Crippen molar-refractivity contribution in [3.8, 4) is 5.75 Å². The summed E-state index contributed by atoms with van der Waals surface area (Å²) in [5, 5.41) is 2.51. The smallest absolute Gasteiger partial charge is 0.120 e. The summed E-state index contributed by atoms with van der Waals surface area (Å²) < 4.78 is 7.78. The largest absolute Gasteiger partial charge is 0.497 e. The maximum atomic E-state index is 5.42. The average Bonchev–Trinajstić information content (AvgIpc) is 2.96. The van der Waals surface area contributed by atoms with Gasteiger partial charge in [0, 0.05) is 29.6 Å². The van der Waals surface area contributed by atoms with E-state index in [1.165, 1.54) is 27.4 Å². The van der Waals surface area contributed by atoms with Gasteiger partial charge in [0.15, 0.2) is 0 Å². The topological polar surface area (TPSA) is 27.1 Å². The zero-order chi connectivity index (χ0) is 16.4. The number of aromatic nitrogens is 2. The van der Waals surface area contributed by atoms with Crippen LogP contribution in [0, 0.1) is 0 Å². The average molecular weight is 316 g/mol. The van der Waals surface area contributed by atoms with Gasteiger partial charge in [-0.2, -0.15) is 0 Å². The molecule has 0 aliphatic heterocycles. The van der Waals surface area contributed by atoms with E-state index in [0.717, 1.165) is 25.1 Å². The molecule has 0 saturated carbocycles. The molecule has 0 bridgehead atoms. The molecule has 4 aromatic rings. The molecular formula is C21H20N2O. The van der Waals surface area contributed by atoms with E-state index in [9.17, 15) is 0 Å². The second kappa shape index (κ2) is 6.36. The Kier molecular flexibility index (Phi) is 3.91. The molecule has 0 atom stereocenters. The first kappa shape index (κ1) is 14.8. The molecule has 0 saturated heterocycles. The Bertz CT molecular complexity index is 973. The highest BCUT2D eigenvalue weighted by Crippen LogP contribution is 2.31. The van der Waals surface area contributed by atoms with Crippen molar-refractivity contribution in [2.24, 2.45) is 0 Å². The summed E-state index contributed by atoms with van der Waals surface area (Å²) in [6.07, 6.45) is 5.99. The van der Waals surface area contributed by atoms with Crippen LogP contribution >= 0.6 is 0 Å². The summed E-state index contributed by atoms with van der Waals surface area (Å²) >= 11 is 0. The van der Waals surface area contributed by atoms with Gasteiger partial charge in [-0.05, 0) is 36.6 Å². The van der Waals surface area contributed by atoms with Crippen molar-refractivity contribution in [1.82, 2.24) is 9.55 Å². The molecular weight excluding hydrogens is 296 g/mol. The molecule has 4 rings (SSSR count). The van der Waals surface area contributed by atoms with Gasteiger partial charge in [0.2, 0.25) is 0 Å². The van der Waals surface area contributed by atoms with Crippen LogP contribution in [0.5, 0.6) is 5.75 Å². The zero-order valence-electron chi connectivity index (χ0n) is 13.8. The number of hydrogen-bond acceptors (Lipinski definition) is 2. The molecule has 0 fully saturated rings. The normalized spacial score (nSPS) is 11.2. The Hall–Kier alpha value is -2.81. The summed E-state index contributed by atoms with van der Waals surface area (Å²) in [5.74, 6) is 0.891. The minimum Gasteiger partial charge on any atom is -0.497 e. The molecule has 0 N–H and O–H groups in total. The summed E-state index contributed by atoms with van der Waals surface area (Å²) in [6, 6.07) is 19.0. The number of benzene rings is 2. The van der Waals surface area contributed by atoms with Gasteiger partial charge in [-0.15, -0.1) is 0 Å². The Morgan fingerprint density at radius 2 is 1.79 bits per heavy atom. The first-order chi connectivity index (χ1) is 11.9. The number of nitrogens with zero attached hydrogens (tertiary/aromatic N) is 2. The van der Waals surface area contributed by atoms with Crippen molar-refractivity contribution in [1.29, 1.82) is 0 Å². The van der Waals surface area contributed by atoms with Crippen LogP contribution in [-0.4, -0.2) is 16.7 Å². The lowest BCUT2D eigenvalue weighted by atomic mass is 10.1. The number of aryl methyl sites for hydroxylation is 2. The van der Waals surface area contributed by atoms with Crippen LogP contribution < -0.4 is 4.74 Å². The molecule has 0 radical (unpaired) electrons. The van der Waals surface area contributed by atoms with Crippen LogP contribution in [0.4, 0.5) is 0 Å². The third-order valence-electron chi connectivity index (χ3n) is 4.57. The first-order valence-corrected chi connectivity index (χ1v) is 8.31. The second-order valence-electron chi connectivity index (χ2n) is 6.02. The van der Waals surface area contributed by atoms with Gasteiger partial charge < -0.3 is 9.30 Å². The lowest BCUT2D eigenvalue weighted by molar-refractivity contribution is 0.415. The summed E-state index contributed by atoms with van der Waals surface area (Å²) in [7, 11) is 1.71. The predicted molar refractivity (Wildman–Crippen MR) is 98.6 cm³/mol. The summed E-state index contributed by atoms with van der Waals surface area (Å²) in [5.41, 5.74) is 3.79. The Balaban J connectivity index is 1.71. The van der Waals surface area contributed by atoms with Crippen LogP contribution in [0.1, 0.15) is 12.0 Å². The lowest BCUT2D eigenvalue weighted by Gasteiger charge is -2.08. The van der Waals surface area contributed by atoms with Crippen molar-refractivity contribution >= 4 is 21.8 Å². The van der Waals surface area contributed by atoms with Crippen molar-refractivity contribution < 1.29 is 4.74 Å². The standard InChI is InChI=1S/C21H20N2O/c1-24-17-9-10-18-19-11-12-22-15-21(19)23(20(18)14-17)13-5-8-16-6-3-2-4-7-16/h2-4,6-7,9-12,14-15H,5,8,13H2,1H3. The van der Waals surface area contributed by atoms with E-state index < -0.39 is 0 Å². The highest BCUT2D eigenvalue weighted by atomic mass is 16.5. The van der Waals surface area contributed by atoms with E-state index in [0.29, 0.717) is 0 Å². The van der Waals surface area contributed by atoms with Gasteiger partial charge in [0.05, 0.1) is 24.3 Å². The molecule has 3 nitrogen and oxygen atoms in total. The monoisotopic (exact) mass is 316 g/mol. The molecule has 0 unspecified atom stereocenters. The van der Waals surface area contributed by atoms with Gasteiger partial charge in [0.25, 0.3) is 0 Å². The summed E-state index contributed by atoms with van der Waals surface area (Å²) in [6.45, 7) is 0.966. The van der Waals surface area contributed by atoms with E-state index in [1.54, 1.807) is 7.11 Å². The molecule has 2 aromatic carbocycles. The Morgan fingerprint density at radius 1 is 0.958 bits per heavy atom. The van der Waals surface area contributed by atoms with Gasteiger partial charge in [-0.25, -0.2) is 0 Å². The molecule has 2 heterocycles. The SMILES string of the molecule is COc1ccc2c3ccncc3n(CCCc3ccccc3)c2c1. The van der Waals surface area contributed by atoms with Crippen LogP contribution in [0.3, 0.4) is 0 Å². The maximum Gasteiger partial charge on any atom is 0.120 e. The van der Waals surface area contributed by atoms with Crippen molar-refractivity contribution in [3.05, 3.63) is 72.6 Å². The molecule has 0 spiro atoms. The molecule has 2 aromatic heterocycles. The highest BCUT2D eigenvalue weighted by Gasteiger charge is 2.11. The molecule has 3 heteroatoms. The van der Waals surface area contributed by atoms with Crippen LogP contribution in [0.2, 0.25) is 0 Å². The zero-order valence-corrected chi connectivity index (χ0v) is 13.8. The first-order valence-electron chi connectivity index (χ1n) is 8.31. The minimum atomic E-state index is 0.891. The van der Waals surface area contributed by atoms with Gasteiger partial charge in [-0.3, -0.25) is 4.98 Å². The maximum absolute atomic E-state index is 5.42. The fourth-order valence-corrected chi connectivity index (χ4v) is 3.38. The number of rotatable bonds is 5. The lowest BCUT2D eigenvalue weighted by Crippen LogP contribution is -2.00. The molecule has 0 aliphatic rings. The van der Waals surface area contributed by atoms with E-state index in [4.69, 9.17) is 4.74 Å². The quantitative estimate of drug-likeness (QED) is 0.527. The van der Waals surface area contributed by atoms with Crippen molar-refractivity contribution in [2.45, 2.75) is 19.4 Å². The fraction of sp³-hybridized carbons (Fsp3) is 0.190. The van der Waals surface area contributed by atoms with Crippen LogP contribution in [-0.2, 0) is 13.0 Å². The van der Waals surface area contributed by atoms with Crippen LogP contribution in [0.15, 0.2) is 67.0 Å². The second-order valence-corrected chi connectivity index (χ2v) is 6.02. The number of hydrogen-bond donors (Lipinski definition) is 0. The van der Waals surface area contributed by atoms with Gasteiger partial charge in [0.1, 0.15) is 5.75 Å². The molecule has 120 valence electrons. The van der Waals surface area contributed by atoms with E-state index in [1.807, 2.05) is 18.5 Å². The Labute approximate surface area is 141 Å². The molecule has 0 amide bonds. The van der Waals surface area contributed by atoms with Gasteiger partial charge >= 0.3 is 0 Å². The van der Waals surface area contributed by atoms with E-state index in [2.05, 4.69) is 58.1 Å². The van der Waals surface area contributed by atoms with Crippen LogP contribution in [0.25, 0.3) is 21.8 Å². The number of ether oxygens (including phenoxy) is 1. The van der Waals surface area contributed by atoms with Gasteiger partial charge in [-0.1, -0.05) is 30.3 Å². The number of fused-ring (bicyclic) bond motifs is 3. The number of pyridine rings is 1. The van der Waals surface area contributed by atoms with Crippen molar-refractivity contribution in [3.63, 3.8) is 0 Å². The predicted octanol–water partition coefficient (Wildman–Crippen LogP) is 4.83. The molecule has 0 aliphatic carbocycles. The Morgan fingerprint density at radius 3 is 2.62 bits per heavy atom. The third-order valence-corrected chi connectivity index (χ3v) is 4.57. The fourth-order valence-electron chi connectivity index (χ4n) is 3.38. The van der Waals surface area contributed by atoms with Crippen molar-refractivity contribution in [2.75, 3.05) is 7.11 Å². The van der Waals surface area contributed by atoms with E-state index >= 15 is 0 Å². The number of methoxy groups -OCH3 is 1. The minimum absolute atomic E-state index is 0.891. The highest BCUT2D eigenvalue weighted by molar-refractivity contribution is 6.08. The third kappa shape index (κ3) is 2.62. The van der Waals surface area contributed by atoms with E-state index in [-0.39, 0.29) is 0 Å². The molecule has 24 heavy (non-hydrogen) atoms.